The van der Waals surface area contributed by atoms with Crippen LogP contribution in [0.15, 0.2) is 23.8 Å². The summed E-state index contributed by atoms with van der Waals surface area (Å²) in [6.45, 7) is 6.14. The molecule has 0 amide bonds. The molecule has 2 rings (SSSR count). The topological polar surface area (TPSA) is 29.9 Å². The van der Waals surface area contributed by atoms with E-state index in [-0.39, 0.29) is 6.04 Å². The second-order valence-electron chi connectivity index (χ2n) is 4.10. The first-order valence-electron chi connectivity index (χ1n) is 6.25. The zero-order chi connectivity index (χ0) is 13.0. The molecule has 0 aromatic carbocycles. The van der Waals surface area contributed by atoms with Crippen LogP contribution in [-0.2, 0) is 6.54 Å². The number of nitrogens with one attached hydrogen (secondary N) is 1. The van der Waals surface area contributed by atoms with E-state index in [1.165, 1.54) is 0 Å². The number of hydrogen-bond acceptors (Lipinski definition) is 3. The maximum Gasteiger partial charge on any atom is 0.131 e. The molecular weight excluding hydrogens is 266 g/mol. The number of halogens is 1. The van der Waals surface area contributed by atoms with E-state index < -0.39 is 0 Å². The number of aromatic nitrogens is 2. The van der Waals surface area contributed by atoms with Gasteiger partial charge in [0, 0.05) is 23.8 Å². The molecule has 1 atom stereocenters. The first-order valence-corrected chi connectivity index (χ1v) is 7.51. The monoisotopic (exact) mass is 283 g/mol. The second kappa shape index (κ2) is 6.36. The Morgan fingerprint density at radius 1 is 1.50 bits per heavy atom. The average molecular weight is 284 g/mol. The van der Waals surface area contributed by atoms with Gasteiger partial charge in [-0.15, -0.1) is 11.3 Å². The van der Waals surface area contributed by atoms with Crippen LogP contribution in [-0.4, -0.2) is 16.1 Å². The molecule has 0 spiro atoms. The zero-order valence-corrected chi connectivity index (χ0v) is 12.3. The van der Waals surface area contributed by atoms with Crippen molar-refractivity contribution in [2.24, 2.45) is 0 Å². The molecule has 0 aliphatic rings. The van der Waals surface area contributed by atoms with Gasteiger partial charge in [0.1, 0.15) is 11.9 Å². The van der Waals surface area contributed by atoms with Crippen LogP contribution in [0.1, 0.15) is 37.0 Å². The van der Waals surface area contributed by atoms with Crippen molar-refractivity contribution in [3.8, 4) is 0 Å². The Morgan fingerprint density at radius 2 is 2.33 bits per heavy atom. The summed E-state index contributed by atoms with van der Waals surface area (Å²) in [6.07, 6.45) is 4.99. The van der Waals surface area contributed by atoms with E-state index in [1.54, 1.807) is 11.3 Å². The molecule has 2 aromatic heterocycles. The van der Waals surface area contributed by atoms with Gasteiger partial charge in [0.05, 0.1) is 5.02 Å². The molecule has 0 radical (unpaired) electrons. The van der Waals surface area contributed by atoms with E-state index in [9.17, 15) is 0 Å². The van der Waals surface area contributed by atoms with Gasteiger partial charge in [0.25, 0.3) is 0 Å². The maximum atomic E-state index is 6.25. The minimum atomic E-state index is 0.0871. The minimum Gasteiger partial charge on any atom is -0.333 e. The van der Waals surface area contributed by atoms with Crippen molar-refractivity contribution in [2.45, 2.75) is 32.9 Å². The van der Waals surface area contributed by atoms with Crippen LogP contribution in [0.2, 0.25) is 5.02 Å². The molecule has 0 aliphatic heterocycles. The SMILES string of the molecule is CCCn1ccnc1C(NCC)c1sccc1Cl. The Balaban J connectivity index is 2.35. The minimum absolute atomic E-state index is 0.0871. The van der Waals surface area contributed by atoms with Crippen LogP contribution in [0, 0.1) is 0 Å². The van der Waals surface area contributed by atoms with Gasteiger partial charge in [-0.3, -0.25) is 0 Å². The highest BCUT2D eigenvalue weighted by atomic mass is 35.5. The van der Waals surface area contributed by atoms with Gasteiger partial charge in [0.15, 0.2) is 0 Å². The van der Waals surface area contributed by atoms with Crippen LogP contribution in [0.25, 0.3) is 0 Å². The Labute approximate surface area is 117 Å². The van der Waals surface area contributed by atoms with Crippen molar-refractivity contribution in [1.82, 2.24) is 14.9 Å². The van der Waals surface area contributed by atoms with Gasteiger partial charge in [-0.05, 0) is 24.4 Å². The lowest BCUT2D eigenvalue weighted by Gasteiger charge is -2.18. The van der Waals surface area contributed by atoms with Crippen LogP contribution in [0.3, 0.4) is 0 Å². The highest BCUT2D eigenvalue weighted by Gasteiger charge is 2.21. The standard InChI is InChI=1S/C13H18ClN3S/c1-3-7-17-8-6-16-13(17)11(15-4-2)12-10(14)5-9-18-12/h5-6,8-9,11,15H,3-4,7H2,1-2H3. The summed E-state index contributed by atoms with van der Waals surface area (Å²) in [7, 11) is 0. The maximum absolute atomic E-state index is 6.25. The average Bonchev–Trinajstić information content (AvgIpc) is 2.96. The smallest absolute Gasteiger partial charge is 0.131 e. The Morgan fingerprint density at radius 3 is 2.94 bits per heavy atom. The second-order valence-corrected chi connectivity index (χ2v) is 5.46. The lowest BCUT2D eigenvalue weighted by atomic mass is 10.2. The normalized spacial score (nSPS) is 12.8. The summed E-state index contributed by atoms with van der Waals surface area (Å²) in [5.41, 5.74) is 0. The molecule has 3 nitrogen and oxygen atoms in total. The van der Waals surface area contributed by atoms with E-state index in [2.05, 4.69) is 28.7 Å². The van der Waals surface area contributed by atoms with E-state index in [0.29, 0.717) is 0 Å². The molecule has 0 bridgehead atoms. The van der Waals surface area contributed by atoms with Crippen molar-refractivity contribution in [3.05, 3.63) is 39.6 Å². The fourth-order valence-corrected chi connectivity index (χ4v) is 3.26. The van der Waals surface area contributed by atoms with Gasteiger partial charge in [-0.2, -0.15) is 0 Å². The van der Waals surface area contributed by atoms with E-state index >= 15 is 0 Å². The summed E-state index contributed by atoms with van der Waals surface area (Å²) in [4.78, 5) is 5.64. The molecular formula is C13H18ClN3S. The number of hydrogen-bond donors (Lipinski definition) is 1. The first kappa shape index (κ1) is 13.6. The molecule has 1 N–H and O–H groups in total. The quantitative estimate of drug-likeness (QED) is 0.876. The highest BCUT2D eigenvalue weighted by Crippen LogP contribution is 2.32. The largest absolute Gasteiger partial charge is 0.333 e. The Hall–Kier alpha value is -0.840. The molecule has 0 saturated carbocycles. The molecule has 2 heterocycles. The molecule has 0 aliphatic carbocycles. The molecule has 5 heteroatoms. The summed E-state index contributed by atoms with van der Waals surface area (Å²) >= 11 is 7.92. The number of imidazole rings is 1. The van der Waals surface area contributed by atoms with Crippen LogP contribution in [0.5, 0.6) is 0 Å². The number of nitrogens with zero attached hydrogens (tertiary/aromatic N) is 2. The van der Waals surface area contributed by atoms with Gasteiger partial charge < -0.3 is 9.88 Å². The Kier molecular flexibility index (Phi) is 4.80. The lowest BCUT2D eigenvalue weighted by Crippen LogP contribution is -2.24. The molecule has 1 unspecified atom stereocenters. The molecule has 98 valence electrons. The number of aryl methyl sites for hydroxylation is 1. The summed E-state index contributed by atoms with van der Waals surface area (Å²) in [6, 6.07) is 2.03. The highest BCUT2D eigenvalue weighted by molar-refractivity contribution is 7.10. The van der Waals surface area contributed by atoms with Crippen LogP contribution >= 0.6 is 22.9 Å². The lowest BCUT2D eigenvalue weighted by molar-refractivity contribution is 0.549. The fraction of sp³-hybridized carbons (Fsp3) is 0.462. The summed E-state index contributed by atoms with van der Waals surface area (Å²) < 4.78 is 2.20. The van der Waals surface area contributed by atoms with E-state index in [0.717, 1.165) is 35.2 Å². The first-order chi connectivity index (χ1) is 8.77. The van der Waals surface area contributed by atoms with Gasteiger partial charge in [-0.1, -0.05) is 25.4 Å². The predicted octanol–water partition coefficient (Wildman–Crippen LogP) is 3.71. The summed E-state index contributed by atoms with van der Waals surface area (Å²) in [5, 5.41) is 6.31. The van der Waals surface area contributed by atoms with Crippen molar-refractivity contribution >= 4 is 22.9 Å². The Bertz CT molecular complexity index is 492. The van der Waals surface area contributed by atoms with Crippen LogP contribution in [0.4, 0.5) is 0 Å². The molecule has 18 heavy (non-hydrogen) atoms. The molecule has 0 saturated heterocycles. The van der Waals surface area contributed by atoms with E-state index in [4.69, 9.17) is 11.6 Å². The van der Waals surface area contributed by atoms with Crippen LogP contribution < -0.4 is 5.32 Å². The van der Waals surface area contributed by atoms with Gasteiger partial charge >= 0.3 is 0 Å². The zero-order valence-electron chi connectivity index (χ0n) is 10.7. The van der Waals surface area contributed by atoms with Gasteiger partial charge in [0.2, 0.25) is 0 Å². The third kappa shape index (κ3) is 2.76. The third-order valence-corrected chi connectivity index (χ3v) is 4.21. The molecule has 2 aromatic rings. The fourth-order valence-electron chi connectivity index (χ4n) is 2.03. The van der Waals surface area contributed by atoms with Crippen molar-refractivity contribution < 1.29 is 0 Å². The van der Waals surface area contributed by atoms with E-state index in [1.807, 2.05) is 23.8 Å². The molecule has 0 fully saturated rings. The predicted molar refractivity (Wildman–Crippen MR) is 77.4 cm³/mol. The third-order valence-electron chi connectivity index (χ3n) is 2.79. The summed E-state index contributed by atoms with van der Waals surface area (Å²) in [5.74, 6) is 1.04. The number of thiophene rings is 1. The van der Waals surface area contributed by atoms with Crippen molar-refractivity contribution in [1.29, 1.82) is 0 Å². The van der Waals surface area contributed by atoms with Crippen molar-refractivity contribution in [3.63, 3.8) is 0 Å². The van der Waals surface area contributed by atoms with Gasteiger partial charge in [-0.25, -0.2) is 4.98 Å². The van der Waals surface area contributed by atoms with Crippen molar-refractivity contribution in [2.75, 3.05) is 6.54 Å². The number of rotatable bonds is 6.